The number of benzene rings is 1. The van der Waals surface area contributed by atoms with Gasteiger partial charge in [-0.05, 0) is 53.9 Å². The first kappa shape index (κ1) is 16.6. The van der Waals surface area contributed by atoms with Gasteiger partial charge in [-0.1, -0.05) is 13.0 Å². The fraction of sp³-hybridized carbons (Fsp3) is 0.538. The maximum absolute atomic E-state index is 12.6. The molecule has 0 heterocycles. The van der Waals surface area contributed by atoms with Crippen LogP contribution in [0.25, 0.3) is 0 Å². The molecule has 0 saturated carbocycles. The Morgan fingerprint density at radius 2 is 2.00 bits per heavy atom. The molecule has 108 valence electrons. The summed E-state index contributed by atoms with van der Waals surface area (Å²) in [5, 5.41) is 9.06. The topological polar surface area (TPSA) is 57.6 Å². The second kappa shape index (κ2) is 6.83. The Kier molecular flexibility index (Phi) is 5.98. The summed E-state index contributed by atoms with van der Waals surface area (Å²) in [5.74, 6) is 0. The zero-order chi connectivity index (χ0) is 14.6. The molecule has 0 aliphatic carbocycles. The van der Waals surface area contributed by atoms with Gasteiger partial charge in [-0.3, -0.25) is 0 Å². The summed E-state index contributed by atoms with van der Waals surface area (Å²) in [6, 6.07) is 4.71. The average Bonchev–Trinajstić information content (AvgIpc) is 2.34. The van der Waals surface area contributed by atoms with E-state index in [2.05, 4.69) is 15.9 Å². The highest BCUT2D eigenvalue weighted by Crippen LogP contribution is 2.27. The second-order valence-electron chi connectivity index (χ2n) is 4.63. The van der Waals surface area contributed by atoms with Crippen LogP contribution in [0.1, 0.15) is 32.8 Å². The summed E-state index contributed by atoms with van der Waals surface area (Å²) >= 11 is 3.28. The fourth-order valence-electron chi connectivity index (χ4n) is 1.85. The molecule has 0 aromatic heterocycles. The van der Waals surface area contributed by atoms with Crippen molar-refractivity contribution in [3.05, 3.63) is 28.2 Å². The average molecular weight is 350 g/mol. The smallest absolute Gasteiger partial charge is 0.244 e. The zero-order valence-corrected chi connectivity index (χ0v) is 13.8. The Hall–Kier alpha value is -0.430. The maximum Gasteiger partial charge on any atom is 0.244 e. The van der Waals surface area contributed by atoms with Gasteiger partial charge in [-0.15, -0.1) is 0 Å². The summed E-state index contributed by atoms with van der Waals surface area (Å²) in [5.41, 5.74) is 0.678. The fourth-order valence-corrected chi connectivity index (χ4v) is 4.67. The van der Waals surface area contributed by atoms with Gasteiger partial charge in [0.1, 0.15) is 0 Å². The third-order valence-corrected chi connectivity index (χ3v) is 5.84. The van der Waals surface area contributed by atoms with Crippen LogP contribution >= 0.6 is 15.9 Å². The molecule has 1 aromatic carbocycles. The van der Waals surface area contributed by atoms with Crippen molar-refractivity contribution >= 4 is 26.0 Å². The Labute approximate surface area is 123 Å². The predicted molar refractivity (Wildman–Crippen MR) is 79.4 cm³/mol. The van der Waals surface area contributed by atoms with E-state index in [1.165, 1.54) is 10.4 Å². The summed E-state index contributed by atoms with van der Waals surface area (Å²) < 4.78 is 27.2. The van der Waals surface area contributed by atoms with E-state index in [-0.39, 0.29) is 17.5 Å². The van der Waals surface area contributed by atoms with Crippen molar-refractivity contribution in [2.75, 3.05) is 6.54 Å². The maximum atomic E-state index is 12.6. The molecule has 1 N–H and O–H groups in total. The summed E-state index contributed by atoms with van der Waals surface area (Å²) in [6.07, 6.45) is 0.768. The summed E-state index contributed by atoms with van der Waals surface area (Å²) in [6.45, 7) is 6.07. The molecule has 0 fully saturated rings. The summed E-state index contributed by atoms with van der Waals surface area (Å²) in [4.78, 5) is 0.242. The largest absolute Gasteiger partial charge is 0.392 e. The molecule has 0 radical (unpaired) electrons. The van der Waals surface area contributed by atoms with Gasteiger partial charge >= 0.3 is 0 Å². The second-order valence-corrected chi connectivity index (χ2v) is 7.35. The lowest BCUT2D eigenvalue weighted by Gasteiger charge is -2.26. The molecule has 1 aromatic rings. The molecule has 0 unspecified atom stereocenters. The molecule has 1 rings (SSSR count). The van der Waals surface area contributed by atoms with Crippen molar-refractivity contribution in [1.82, 2.24) is 4.31 Å². The van der Waals surface area contributed by atoms with Crippen LogP contribution in [0.2, 0.25) is 0 Å². The highest BCUT2D eigenvalue weighted by molar-refractivity contribution is 9.10. The minimum absolute atomic E-state index is 0.0885. The van der Waals surface area contributed by atoms with Gasteiger partial charge in [0.05, 0.1) is 11.5 Å². The van der Waals surface area contributed by atoms with Crippen molar-refractivity contribution < 1.29 is 13.5 Å². The van der Waals surface area contributed by atoms with Crippen LogP contribution in [-0.2, 0) is 16.6 Å². The summed E-state index contributed by atoms with van der Waals surface area (Å²) in [7, 11) is -3.51. The Morgan fingerprint density at radius 1 is 1.37 bits per heavy atom. The molecular weight excluding hydrogens is 330 g/mol. The van der Waals surface area contributed by atoms with Crippen LogP contribution in [0.3, 0.4) is 0 Å². The van der Waals surface area contributed by atoms with Crippen LogP contribution < -0.4 is 0 Å². The number of halogens is 1. The Balaban J connectivity index is 3.25. The number of sulfonamides is 1. The van der Waals surface area contributed by atoms with E-state index in [9.17, 15) is 8.42 Å². The van der Waals surface area contributed by atoms with Crippen LogP contribution in [0, 0.1) is 0 Å². The number of aliphatic hydroxyl groups excluding tert-OH is 1. The number of rotatable bonds is 6. The molecular formula is C13H20BrNO3S. The van der Waals surface area contributed by atoms with Gasteiger partial charge in [-0.25, -0.2) is 8.42 Å². The SMILES string of the molecule is CCCN(C(C)C)S(=O)(=O)c1ccc(CO)cc1Br. The van der Waals surface area contributed by atoms with Crippen molar-refractivity contribution in [1.29, 1.82) is 0 Å². The number of hydrogen-bond donors (Lipinski definition) is 1. The normalized spacial score (nSPS) is 12.4. The van der Waals surface area contributed by atoms with E-state index in [0.717, 1.165) is 6.42 Å². The zero-order valence-electron chi connectivity index (χ0n) is 11.4. The lowest BCUT2D eigenvalue weighted by molar-refractivity contribution is 0.281. The lowest BCUT2D eigenvalue weighted by Crippen LogP contribution is -2.37. The Bertz CT molecular complexity index is 529. The molecule has 0 saturated heterocycles. The van der Waals surface area contributed by atoms with Gasteiger partial charge < -0.3 is 5.11 Å². The molecule has 0 bridgehead atoms. The molecule has 0 spiro atoms. The number of nitrogens with zero attached hydrogens (tertiary/aromatic N) is 1. The van der Waals surface area contributed by atoms with Crippen molar-refractivity contribution in [2.45, 2.75) is 44.7 Å². The van der Waals surface area contributed by atoms with E-state index in [1.54, 1.807) is 12.1 Å². The van der Waals surface area contributed by atoms with E-state index in [4.69, 9.17) is 5.11 Å². The van der Waals surface area contributed by atoms with E-state index in [1.807, 2.05) is 20.8 Å². The van der Waals surface area contributed by atoms with Crippen molar-refractivity contribution in [3.63, 3.8) is 0 Å². The highest BCUT2D eigenvalue weighted by Gasteiger charge is 2.28. The molecule has 0 aliphatic rings. The van der Waals surface area contributed by atoms with Gasteiger partial charge in [0.25, 0.3) is 0 Å². The van der Waals surface area contributed by atoms with Crippen LogP contribution in [-0.4, -0.2) is 30.4 Å². The minimum Gasteiger partial charge on any atom is -0.392 e. The molecule has 0 amide bonds. The lowest BCUT2D eigenvalue weighted by atomic mass is 10.2. The molecule has 6 heteroatoms. The first-order valence-corrected chi connectivity index (χ1v) is 8.49. The van der Waals surface area contributed by atoms with Crippen molar-refractivity contribution in [3.8, 4) is 0 Å². The molecule has 0 aliphatic heterocycles. The van der Waals surface area contributed by atoms with Gasteiger partial charge in [0.2, 0.25) is 10.0 Å². The van der Waals surface area contributed by atoms with Gasteiger partial charge in [0, 0.05) is 17.1 Å². The van der Waals surface area contributed by atoms with Crippen LogP contribution in [0.15, 0.2) is 27.6 Å². The quantitative estimate of drug-likeness (QED) is 0.858. The van der Waals surface area contributed by atoms with Gasteiger partial charge in [-0.2, -0.15) is 4.31 Å². The highest BCUT2D eigenvalue weighted by atomic mass is 79.9. The first-order valence-electron chi connectivity index (χ1n) is 6.25. The van der Waals surface area contributed by atoms with Crippen molar-refractivity contribution in [2.24, 2.45) is 0 Å². The molecule has 0 atom stereocenters. The first-order chi connectivity index (χ1) is 8.84. The minimum atomic E-state index is -3.51. The third kappa shape index (κ3) is 3.78. The monoisotopic (exact) mass is 349 g/mol. The number of aliphatic hydroxyl groups is 1. The van der Waals surface area contributed by atoms with Crippen LogP contribution in [0.5, 0.6) is 0 Å². The molecule has 4 nitrogen and oxygen atoms in total. The number of hydrogen-bond acceptors (Lipinski definition) is 3. The van der Waals surface area contributed by atoms with E-state index < -0.39 is 10.0 Å². The Morgan fingerprint density at radius 3 is 2.42 bits per heavy atom. The van der Waals surface area contributed by atoms with E-state index >= 15 is 0 Å². The molecule has 19 heavy (non-hydrogen) atoms. The van der Waals surface area contributed by atoms with Gasteiger partial charge in [0.15, 0.2) is 0 Å². The predicted octanol–water partition coefficient (Wildman–Crippen LogP) is 2.75. The standard InChI is InChI=1S/C13H20BrNO3S/c1-4-7-15(10(2)3)19(17,18)13-6-5-11(9-16)8-12(13)14/h5-6,8,10,16H,4,7,9H2,1-3H3. The van der Waals surface area contributed by atoms with E-state index in [0.29, 0.717) is 16.6 Å². The van der Waals surface area contributed by atoms with Crippen LogP contribution in [0.4, 0.5) is 0 Å². The third-order valence-electron chi connectivity index (χ3n) is 2.79.